The smallest absolute Gasteiger partial charge is 0.348 e. The SMILES string of the molecule is ClCCl.NCCc1cccc(Br)c1.O=C(NCCc1cccc(Br)c1)C(F)(F)F. The van der Waals surface area contributed by atoms with E-state index in [0.717, 1.165) is 27.5 Å². The maximum Gasteiger partial charge on any atom is 0.471 e. The van der Waals surface area contributed by atoms with Crippen LogP contribution < -0.4 is 11.1 Å². The first kappa shape index (κ1) is 28.2. The molecule has 2 aromatic carbocycles. The summed E-state index contributed by atoms with van der Waals surface area (Å²) in [4.78, 5) is 10.5. The van der Waals surface area contributed by atoms with Gasteiger partial charge in [0.1, 0.15) is 0 Å². The van der Waals surface area contributed by atoms with Crippen molar-refractivity contribution >= 4 is 61.0 Å². The molecular formula is C19H21Br2Cl2F3N2O. The summed E-state index contributed by atoms with van der Waals surface area (Å²) in [5.74, 6) is -1.90. The number of hydrogen-bond donors (Lipinski definition) is 2. The Hall–Kier alpha value is -0.800. The largest absolute Gasteiger partial charge is 0.471 e. The molecule has 0 aromatic heterocycles. The maximum atomic E-state index is 11.8. The summed E-state index contributed by atoms with van der Waals surface area (Å²) >= 11 is 16.2. The first-order chi connectivity index (χ1) is 13.6. The lowest BCUT2D eigenvalue weighted by Gasteiger charge is -2.07. The standard InChI is InChI=1S/C10H9BrF3NO.C8H10BrN.CH2Cl2/c11-8-3-1-2-7(6-8)4-5-15-9(16)10(12,13)14;9-8-3-1-2-7(6-8)4-5-10;2-1-3/h1-3,6H,4-5H2,(H,15,16);1-3,6H,4-5,10H2;1H2. The number of nitrogens with two attached hydrogens (primary N) is 1. The highest BCUT2D eigenvalue weighted by molar-refractivity contribution is 9.10. The molecule has 162 valence electrons. The number of carbonyl (C=O) groups is 1. The van der Waals surface area contributed by atoms with Crippen LogP contribution in [0, 0.1) is 0 Å². The molecule has 0 heterocycles. The molecule has 0 radical (unpaired) electrons. The van der Waals surface area contributed by atoms with Gasteiger partial charge in [0.2, 0.25) is 0 Å². The molecule has 0 aliphatic heterocycles. The van der Waals surface area contributed by atoms with Gasteiger partial charge in [0, 0.05) is 15.5 Å². The van der Waals surface area contributed by atoms with Gasteiger partial charge >= 0.3 is 12.1 Å². The third kappa shape index (κ3) is 14.8. The van der Waals surface area contributed by atoms with Gasteiger partial charge in [-0.15, -0.1) is 23.2 Å². The van der Waals surface area contributed by atoms with Crippen molar-refractivity contribution in [3.05, 3.63) is 68.6 Å². The average molecular weight is 581 g/mol. The maximum absolute atomic E-state index is 11.8. The van der Waals surface area contributed by atoms with Crippen molar-refractivity contribution in [2.24, 2.45) is 5.73 Å². The lowest BCUT2D eigenvalue weighted by atomic mass is 10.1. The molecule has 3 nitrogen and oxygen atoms in total. The zero-order valence-electron chi connectivity index (χ0n) is 15.3. The average Bonchev–Trinajstić information content (AvgIpc) is 2.62. The van der Waals surface area contributed by atoms with Crippen molar-refractivity contribution in [1.29, 1.82) is 0 Å². The van der Waals surface area contributed by atoms with Crippen molar-refractivity contribution in [3.8, 4) is 0 Å². The van der Waals surface area contributed by atoms with Gasteiger partial charge in [-0.2, -0.15) is 13.2 Å². The second-order valence-electron chi connectivity index (χ2n) is 5.40. The number of nitrogens with one attached hydrogen (secondary N) is 1. The zero-order valence-corrected chi connectivity index (χ0v) is 20.0. The monoisotopic (exact) mass is 578 g/mol. The fourth-order valence-electron chi connectivity index (χ4n) is 1.97. The Balaban J connectivity index is 0.000000514. The summed E-state index contributed by atoms with van der Waals surface area (Å²) in [6, 6.07) is 15.4. The van der Waals surface area contributed by atoms with E-state index in [9.17, 15) is 18.0 Å². The van der Waals surface area contributed by atoms with Crippen LogP contribution in [-0.4, -0.2) is 30.5 Å². The Morgan fingerprint density at radius 1 is 0.966 bits per heavy atom. The second kappa shape index (κ2) is 16.0. The van der Waals surface area contributed by atoms with Gasteiger partial charge in [0.25, 0.3) is 0 Å². The van der Waals surface area contributed by atoms with E-state index in [1.54, 1.807) is 18.2 Å². The lowest BCUT2D eigenvalue weighted by molar-refractivity contribution is -0.173. The Morgan fingerprint density at radius 2 is 1.41 bits per heavy atom. The molecule has 2 rings (SSSR count). The van der Waals surface area contributed by atoms with E-state index < -0.39 is 12.1 Å². The van der Waals surface area contributed by atoms with E-state index in [4.69, 9.17) is 28.9 Å². The van der Waals surface area contributed by atoms with Crippen molar-refractivity contribution < 1.29 is 18.0 Å². The number of alkyl halides is 5. The van der Waals surface area contributed by atoms with E-state index in [1.165, 1.54) is 5.56 Å². The Morgan fingerprint density at radius 3 is 1.79 bits per heavy atom. The third-order valence-corrected chi connectivity index (χ3v) is 4.15. The minimum Gasteiger partial charge on any atom is -0.348 e. The first-order valence-electron chi connectivity index (χ1n) is 8.30. The molecule has 0 saturated carbocycles. The van der Waals surface area contributed by atoms with Crippen molar-refractivity contribution in [1.82, 2.24) is 5.32 Å². The van der Waals surface area contributed by atoms with Crippen LogP contribution in [0.5, 0.6) is 0 Å². The molecule has 0 spiro atoms. The Kier molecular flexibility index (Phi) is 15.5. The van der Waals surface area contributed by atoms with E-state index >= 15 is 0 Å². The summed E-state index contributed by atoms with van der Waals surface area (Å²) in [6.45, 7) is 0.686. The summed E-state index contributed by atoms with van der Waals surface area (Å²) in [7, 11) is 0. The van der Waals surface area contributed by atoms with Crippen LogP contribution in [-0.2, 0) is 17.6 Å². The number of carbonyl (C=O) groups excluding carboxylic acids is 1. The second-order valence-corrected chi connectivity index (χ2v) is 8.04. The van der Waals surface area contributed by atoms with Crippen LogP contribution in [0.1, 0.15) is 11.1 Å². The number of benzene rings is 2. The topological polar surface area (TPSA) is 55.1 Å². The van der Waals surface area contributed by atoms with Gasteiger partial charge in [-0.25, -0.2) is 0 Å². The molecule has 0 unspecified atom stereocenters. The van der Waals surface area contributed by atoms with E-state index in [2.05, 4.69) is 44.0 Å². The van der Waals surface area contributed by atoms with E-state index in [0.29, 0.717) is 6.42 Å². The molecule has 29 heavy (non-hydrogen) atoms. The predicted octanol–water partition coefficient (Wildman–Crippen LogP) is 6.04. The Labute approximate surface area is 195 Å². The fourth-order valence-corrected chi connectivity index (χ4v) is 2.87. The molecule has 0 saturated heterocycles. The molecule has 0 aliphatic rings. The fraction of sp³-hybridized carbons (Fsp3) is 0.316. The van der Waals surface area contributed by atoms with Crippen LogP contribution >= 0.6 is 55.1 Å². The van der Waals surface area contributed by atoms with E-state index in [-0.39, 0.29) is 11.9 Å². The van der Waals surface area contributed by atoms with Crippen LogP contribution in [0.2, 0.25) is 0 Å². The Bertz CT molecular complexity index is 735. The quantitative estimate of drug-likeness (QED) is 0.424. The van der Waals surface area contributed by atoms with Crippen molar-refractivity contribution in [2.75, 3.05) is 18.4 Å². The van der Waals surface area contributed by atoms with Crippen LogP contribution in [0.3, 0.4) is 0 Å². The molecule has 0 aliphatic carbocycles. The van der Waals surface area contributed by atoms with Gasteiger partial charge in [0.15, 0.2) is 0 Å². The minimum atomic E-state index is -4.81. The summed E-state index contributed by atoms with van der Waals surface area (Å²) in [5.41, 5.74) is 7.54. The third-order valence-electron chi connectivity index (χ3n) is 3.17. The number of halogens is 7. The molecule has 0 fully saturated rings. The highest BCUT2D eigenvalue weighted by atomic mass is 79.9. The molecule has 1 amide bonds. The molecule has 0 atom stereocenters. The van der Waals surface area contributed by atoms with E-state index in [1.807, 2.05) is 23.5 Å². The van der Waals surface area contributed by atoms with Crippen LogP contribution in [0.15, 0.2) is 57.5 Å². The predicted molar refractivity (Wildman–Crippen MR) is 120 cm³/mol. The zero-order chi connectivity index (χ0) is 22.3. The summed E-state index contributed by atoms with van der Waals surface area (Å²) < 4.78 is 37.4. The molecule has 2 aromatic rings. The van der Waals surface area contributed by atoms with Gasteiger partial charge < -0.3 is 11.1 Å². The van der Waals surface area contributed by atoms with Crippen LogP contribution in [0.4, 0.5) is 13.2 Å². The first-order valence-corrected chi connectivity index (χ1v) is 11.0. The lowest BCUT2D eigenvalue weighted by Crippen LogP contribution is -2.37. The van der Waals surface area contributed by atoms with Crippen molar-refractivity contribution in [3.63, 3.8) is 0 Å². The van der Waals surface area contributed by atoms with Gasteiger partial charge in [-0.3, -0.25) is 4.79 Å². The number of amides is 1. The number of hydrogen-bond acceptors (Lipinski definition) is 2. The highest BCUT2D eigenvalue weighted by Gasteiger charge is 2.38. The summed E-state index contributed by atoms with van der Waals surface area (Å²) in [6.07, 6.45) is -3.49. The van der Waals surface area contributed by atoms with Crippen molar-refractivity contribution in [2.45, 2.75) is 19.0 Å². The molecular weight excluding hydrogens is 560 g/mol. The van der Waals surface area contributed by atoms with Gasteiger partial charge in [-0.05, 0) is 54.8 Å². The minimum absolute atomic E-state index is 0.0329. The van der Waals surface area contributed by atoms with Crippen LogP contribution in [0.25, 0.3) is 0 Å². The normalized spacial score (nSPS) is 10.2. The summed E-state index contributed by atoms with van der Waals surface area (Å²) in [5, 5.41) is 2.01. The molecule has 0 bridgehead atoms. The number of rotatable bonds is 5. The highest BCUT2D eigenvalue weighted by Crippen LogP contribution is 2.15. The molecule has 3 N–H and O–H groups in total. The van der Waals surface area contributed by atoms with Gasteiger partial charge in [0.05, 0.1) is 5.34 Å². The molecule has 10 heteroatoms. The van der Waals surface area contributed by atoms with Gasteiger partial charge in [-0.1, -0.05) is 56.1 Å².